The molecular weight excluding hydrogens is 367 g/mol. The minimum atomic E-state index is 0.115. The third-order valence-corrected chi connectivity index (χ3v) is 5.06. The van der Waals surface area contributed by atoms with E-state index in [4.69, 9.17) is 39.5 Å². The number of anilines is 1. The molecule has 128 valence electrons. The van der Waals surface area contributed by atoms with Gasteiger partial charge in [0, 0.05) is 47.0 Å². The lowest BCUT2D eigenvalue weighted by Crippen LogP contribution is -2.54. The summed E-state index contributed by atoms with van der Waals surface area (Å²) in [5.74, 6) is 0. The van der Waals surface area contributed by atoms with Crippen LogP contribution in [0.3, 0.4) is 0 Å². The molecule has 1 N–H and O–H groups in total. The Labute approximate surface area is 157 Å². The SMILES string of the molecule is COC[C@H]1CN(c2ccc(Cl)cc2)[C@H](c2ccc(Cl)cc2Cl)CN1. The highest BCUT2D eigenvalue weighted by Gasteiger charge is 2.30. The smallest absolute Gasteiger partial charge is 0.0682 e. The molecule has 0 amide bonds. The highest BCUT2D eigenvalue weighted by Crippen LogP contribution is 2.35. The molecule has 2 atom stereocenters. The maximum atomic E-state index is 6.45. The van der Waals surface area contributed by atoms with Crippen LogP contribution in [0.15, 0.2) is 42.5 Å². The summed E-state index contributed by atoms with van der Waals surface area (Å²) in [5.41, 5.74) is 2.16. The first kappa shape index (κ1) is 17.8. The summed E-state index contributed by atoms with van der Waals surface area (Å²) in [6.07, 6.45) is 0. The highest BCUT2D eigenvalue weighted by molar-refractivity contribution is 6.35. The van der Waals surface area contributed by atoms with Gasteiger partial charge in [-0.3, -0.25) is 0 Å². The number of benzene rings is 2. The molecule has 1 saturated heterocycles. The van der Waals surface area contributed by atoms with E-state index in [1.807, 2.05) is 36.4 Å². The molecule has 0 radical (unpaired) electrons. The summed E-state index contributed by atoms with van der Waals surface area (Å²) in [5, 5.41) is 5.58. The van der Waals surface area contributed by atoms with E-state index in [-0.39, 0.29) is 12.1 Å². The van der Waals surface area contributed by atoms with E-state index in [1.54, 1.807) is 13.2 Å². The Morgan fingerprint density at radius 1 is 1.08 bits per heavy atom. The predicted octanol–water partition coefficient (Wildman–Crippen LogP) is 4.81. The molecular formula is C18H19Cl3N2O. The Morgan fingerprint density at radius 3 is 2.46 bits per heavy atom. The van der Waals surface area contributed by atoms with E-state index in [0.717, 1.165) is 29.4 Å². The molecule has 2 aromatic rings. The van der Waals surface area contributed by atoms with Gasteiger partial charge in [-0.1, -0.05) is 40.9 Å². The highest BCUT2D eigenvalue weighted by atomic mass is 35.5. The number of piperazine rings is 1. The summed E-state index contributed by atoms with van der Waals surface area (Å²) < 4.78 is 5.31. The molecule has 2 aromatic carbocycles. The van der Waals surface area contributed by atoms with Crippen molar-refractivity contribution in [2.24, 2.45) is 0 Å². The third-order valence-electron chi connectivity index (χ3n) is 4.24. The van der Waals surface area contributed by atoms with Crippen molar-refractivity contribution in [1.29, 1.82) is 0 Å². The second kappa shape index (κ2) is 7.94. The Hall–Kier alpha value is -0.970. The molecule has 1 aliphatic heterocycles. The van der Waals surface area contributed by atoms with Crippen LogP contribution >= 0.6 is 34.8 Å². The molecule has 0 saturated carbocycles. The van der Waals surface area contributed by atoms with Crippen LogP contribution < -0.4 is 10.2 Å². The van der Waals surface area contributed by atoms with E-state index in [1.165, 1.54) is 0 Å². The lowest BCUT2D eigenvalue weighted by Gasteiger charge is -2.42. The van der Waals surface area contributed by atoms with Crippen molar-refractivity contribution in [2.75, 3.05) is 31.7 Å². The van der Waals surface area contributed by atoms with Gasteiger partial charge in [0.1, 0.15) is 0 Å². The van der Waals surface area contributed by atoms with Gasteiger partial charge in [-0.15, -0.1) is 0 Å². The number of halogens is 3. The molecule has 1 heterocycles. The zero-order chi connectivity index (χ0) is 17.1. The summed E-state index contributed by atoms with van der Waals surface area (Å²) in [6.45, 7) is 2.25. The van der Waals surface area contributed by atoms with Crippen LogP contribution in [0.4, 0.5) is 5.69 Å². The minimum Gasteiger partial charge on any atom is -0.383 e. The van der Waals surface area contributed by atoms with Crippen LogP contribution in [0.5, 0.6) is 0 Å². The third kappa shape index (κ3) is 3.98. The van der Waals surface area contributed by atoms with Gasteiger partial charge in [-0.25, -0.2) is 0 Å². The average Bonchev–Trinajstić information content (AvgIpc) is 2.56. The normalized spacial score (nSPS) is 21.1. The number of hydrogen-bond donors (Lipinski definition) is 1. The Morgan fingerprint density at radius 2 is 1.79 bits per heavy atom. The summed E-state index contributed by atoms with van der Waals surface area (Å²) in [6, 6.07) is 13.9. The molecule has 24 heavy (non-hydrogen) atoms. The topological polar surface area (TPSA) is 24.5 Å². The minimum absolute atomic E-state index is 0.115. The molecule has 3 nitrogen and oxygen atoms in total. The fourth-order valence-electron chi connectivity index (χ4n) is 3.10. The van der Waals surface area contributed by atoms with Crippen LogP contribution in [0, 0.1) is 0 Å². The molecule has 1 aliphatic rings. The fourth-order valence-corrected chi connectivity index (χ4v) is 3.76. The standard InChI is InChI=1S/C18H19Cl3N2O/c1-24-11-14-10-23(15-5-2-12(19)3-6-15)18(9-22-14)16-7-4-13(20)8-17(16)21/h2-8,14,18,22H,9-11H2,1H3/t14-,18+/m1/s1. The second-order valence-electron chi connectivity index (χ2n) is 5.87. The van der Waals surface area contributed by atoms with E-state index in [0.29, 0.717) is 16.7 Å². The van der Waals surface area contributed by atoms with Crippen molar-refractivity contribution >= 4 is 40.5 Å². The molecule has 0 aromatic heterocycles. The van der Waals surface area contributed by atoms with E-state index < -0.39 is 0 Å². The zero-order valence-corrected chi connectivity index (χ0v) is 15.6. The van der Waals surface area contributed by atoms with Gasteiger partial charge in [0.15, 0.2) is 0 Å². The molecule has 0 unspecified atom stereocenters. The molecule has 6 heteroatoms. The number of nitrogens with one attached hydrogen (secondary N) is 1. The van der Waals surface area contributed by atoms with Crippen LogP contribution in [0.1, 0.15) is 11.6 Å². The Kier molecular flexibility index (Phi) is 5.90. The fraction of sp³-hybridized carbons (Fsp3) is 0.333. The van der Waals surface area contributed by atoms with Gasteiger partial charge in [-0.05, 0) is 42.0 Å². The van der Waals surface area contributed by atoms with Crippen molar-refractivity contribution in [1.82, 2.24) is 5.32 Å². The quantitative estimate of drug-likeness (QED) is 0.817. The zero-order valence-electron chi connectivity index (χ0n) is 13.3. The molecule has 0 aliphatic carbocycles. The van der Waals surface area contributed by atoms with Crippen LogP contribution in [0.25, 0.3) is 0 Å². The number of methoxy groups -OCH3 is 1. The van der Waals surface area contributed by atoms with Crippen LogP contribution in [-0.4, -0.2) is 32.8 Å². The van der Waals surface area contributed by atoms with E-state index in [2.05, 4.69) is 10.2 Å². The van der Waals surface area contributed by atoms with Crippen LogP contribution in [0.2, 0.25) is 15.1 Å². The van der Waals surface area contributed by atoms with Gasteiger partial charge < -0.3 is 15.0 Å². The Bertz CT molecular complexity index is 693. The molecule has 1 fully saturated rings. The van der Waals surface area contributed by atoms with Crippen molar-refractivity contribution < 1.29 is 4.74 Å². The predicted molar refractivity (Wildman–Crippen MR) is 102 cm³/mol. The summed E-state index contributed by atoms with van der Waals surface area (Å²) in [4.78, 5) is 2.34. The van der Waals surface area contributed by atoms with Crippen LogP contribution in [-0.2, 0) is 4.74 Å². The van der Waals surface area contributed by atoms with Crippen molar-refractivity contribution in [3.05, 3.63) is 63.1 Å². The lowest BCUT2D eigenvalue weighted by molar-refractivity contribution is 0.158. The average molecular weight is 386 g/mol. The van der Waals surface area contributed by atoms with Gasteiger partial charge in [-0.2, -0.15) is 0 Å². The van der Waals surface area contributed by atoms with Gasteiger partial charge >= 0.3 is 0 Å². The van der Waals surface area contributed by atoms with Gasteiger partial charge in [0.25, 0.3) is 0 Å². The monoisotopic (exact) mass is 384 g/mol. The van der Waals surface area contributed by atoms with E-state index in [9.17, 15) is 0 Å². The molecule has 3 rings (SSSR count). The van der Waals surface area contributed by atoms with Crippen molar-refractivity contribution in [3.63, 3.8) is 0 Å². The van der Waals surface area contributed by atoms with Gasteiger partial charge in [0.2, 0.25) is 0 Å². The number of hydrogen-bond acceptors (Lipinski definition) is 3. The first-order valence-corrected chi connectivity index (χ1v) is 8.91. The first-order valence-electron chi connectivity index (χ1n) is 7.78. The lowest BCUT2D eigenvalue weighted by atomic mass is 10.00. The number of nitrogens with zero attached hydrogens (tertiary/aromatic N) is 1. The number of rotatable bonds is 4. The number of ether oxygens (including phenoxy) is 1. The first-order chi connectivity index (χ1) is 11.6. The van der Waals surface area contributed by atoms with Crippen molar-refractivity contribution in [2.45, 2.75) is 12.1 Å². The second-order valence-corrected chi connectivity index (χ2v) is 7.15. The summed E-state index contributed by atoms with van der Waals surface area (Å²) >= 11 is 18.5. The Balaban J connectivity index is 1.94. The van der Waals surface area contributed by atoms with E-state index >= 15 is 0 Å². The maximum absolute atomic E-state index is 6.45. The van der Waals surface area contributed by atoms with Gasteiger partial charge in [0.05, 0.1) is 12.6 Å². The molecule has 0 bridgehead atoms. The van der Waals surface area contributed by atoms with Crippen molar-refractivity contribution in [3.8, 4) is 0 Å². The maximum Gasteiger partial charge on any atom is 0.0682 e. The molecule has 0 spiro atoms. The largest absolute Gasteiger partial charge is 0.383 e. The summed E-state index contributed by atoms with van der Waals surface area (Å²) in [7, 11) is 1.72.